The summed E-state index contributed by atoms with van der Waals surface area (Å²) in [7, 11) is 0. The van der Waals surface area contributed by atoms with Gasteiger partial charge in [-0.3, -0.25) is 4.98 Å². The molecule has 3 aromatic heterocycles. The maximum atomic E-state index is 13.4. The molecule has 0 unspecified atom stereocenters. The Balaban J connectivity index is 1.10. The van der Waals surface area contributed by atoms with Crippen molar-refractivity contribution in [3.05, 3.63) is 154 Å². The van der Waals surface area contributed by atoms with Crippen LogP contribution in [0.4, 0.5) is 5.69 Å². The summed E-state index contributed by atoms with van der Waals surface area (Å²) in [5, 5.41) is 3.92. The van der Waals surface area contributed by atoms with Crippen LogP contribution in [0.1, 0.15) is 19.4 Å². The SMILES string of the molecule is CCN(CC)c1ccc2c(C)c(-c3cccc(-c4cncc(-c5ccc(-c6cc7cc8ccccc8cc7oc6=O)cc5)c4)c3)c(=O)oc2c1. The van der Waals surface area contributed by atoms with Crippen LogP contribution in [0.25, 0.3) is 77.2 Å². The van der Waals surface area contributed by atoms with E-state index in [2.05, 4.69) is 48.0 Å². The fourth-order valence-corrected chi connectivity index (χ4v) is 6.92. The highest BCUT2D eigenvalue weighted by Crippen LogP contribution is 2.33. The molecule has 0 bridgehead atoms. The van der Waals surface area contributed by atoms with Crippen LogP contribution in [0.3, 0.4) is 0 Å². The van der Waals surface area contributed by atoms with Gasteiger partial charge < -0.3 is 13.7 Å². The average molecular weight is 655 g/mol. The highest BCUT2D eigenvalue weighted by molar-refractivity contribution is 5.97. The van der Waals surface area contributed by atoms with Crippen LogP contribution in [0.5, 0.6) is 0 Å². The summed E-state index contributed by atoms with van der Waals surface area (Å²) in [6, 6.07) is 37.9. The molecule has 6 nitrogen and oxygen atoms in total. The van der Waals surface area contributed by atoms with Gasteiger partial charge in [-0.05, 0) is 102 Å². The Morgan fingerprint density at radius 3 is 1.98 bits per heavy atom. The quantitative estimate of drug-likeness (QED) is 0.126. The summed E-state index contributed by atoms with van der Waals surface area (Å²) in [6.45, 7) is 7.95. The Morgan fingerprint density at radius 2 is 1.22 bits per heavy atom. The van der Waals surface area contributed by atoms with E-state index in [4.69, 9.17) is 8.83 Å². The summed E-state index contributed by atoms with van der Waals surface area (Å²) in [5.41, 5.74) is 8.76. The molecule has 0 N–H and O–H groups in total. The standard InChI is InChI=1S/C44H34N2O4/c1-4-46(5-2)37-17-18-38-27(3)42(44(48)50-41(38)24-37)33-12-8-11-31(19-33)36-21-35(25-45-26-36)28-13-15-29(16-14-28)39-22-34-20-30-9-6-7-10-32(30)23-40(34)49-43(39)47/h6-26H,4-5H2,1-3H3. The van der Waals surface area contributed by atoms with Gasteiger partial charge in [0.2, 0.25) is 0 Å². The van der Waals surface area contributed by atoms with Crippen molar-refractivity contribution >= 4 is 38.4 Å². The highest BCUT2D eigenvalue weighted by Gasteiger charge is 2.16. The first-order valence-corrected chi connectivity index (χ1v) is 16.9. The minimum atomic E-state index is -0.371. The van der Waals surface area contributed by atoms with Crippen molar-refractivity contribution in [1.29, 1.82) is 0 Å². The van der Waals surface area contributed by atoms with Gasteiger partial charge in [0.05, 0.1) is 11.1 Å². The van der Waals surface area contributed by atoms with Gasteiger partial charge in [-0.25, -0.2) is 9.59 Å². The van der Waals surface area contributed by atoms with E-state index >= 15 is 0 Å². The van der Waals surface area contributed by atoms with Gasteiger partial charge in [0, 0.05) is 59.1 Å². The second-order valence-electron chi connectivity index (χ2n) is 12.5. The topological polar surface area (TPSA) is 76.6 Å². The van der Waals surface area contributed by atoms with E-state index in [1.165, 1.54) is 0 Å². The summed E-state index contributed by atoms with van der Waals surface area (Å²) >= 11 is 0. The minimum absolute atomic E-state index is 0.357. The van der Waals surface area contributed by atoms with E-state index in [0.717, 1.165) is 79.3 Å². The Labute approximate surface area is 288 Å². The first kappa shape index (κ1) is 31.0. The summed E-state index contributed by atoms with van der Waals surface area (Å²) in [5.74, 6) is 0. The predicted octanol–water partition coefficient (Wildman–Crippen LogP) is 10.3. The number of aromatic nitrogens is 1. The monoisotopic (exact) mass is 654 g/mol. The van der Waals surface area contributed by atoms with Gasteiger partial charge in [0.25, 0.3) is 0 Å². The molecule has 0 aliphatic heterocycles. The zero-order valence-electron chi connectivity index (χ0n) is 28.1. The van der Waals surface area contributed by atoms with Crippen molar-refractivity contribution in [3.8, 4) is 44.5 Å². The number of rotatable bonds is 7. The molecule has 8 rings (SSSR count). The third kappa shape index (κ3) is 5.55. The number of fused-ring (bicyclic) bond motifs is 3. The van der Waals surface area contributed by atoms with Crippen molar-refractivity contribution in [2.24, 2.45) is 0 Å². The van der Waals surface area contributed by atoms with Gasteiger partial charge in [0.15, 0.2) is 0 Å². The number of nitrogens with zero attached hydrogens (tertiary/aromatic N) is 2. The van der Waals surface area contributed by atoms with Crippen LogP contribution < -0.4 is 16.2 Å². The lowest BCUT2D eigenvalue weighted by molar-refractivity contribution is 0.562. The van der Waals surface area contributed by atoms with Crippen LogP contribution in [0, 0.1) is 6.92 Å². The molecule has 3 heterocycles. The molecule has 6 heteroatoms. The van der Waals surface area contributed by atoms with Crippen molar-refractivity contribution in [2.75, 3.05) is 18.0 Å². The smallest absolute Gasteiger partial charge is 0.344 e. The molecule has 0 amide bonds. The number of pyridine rings is 1. The fraction of sp³-hybridized carbons (Fsp3) is 0.114. The van der Waals surface area contributed by atoms with Crippen molar-refractivity contribution < 1.29 is 8.83 Å². The largest absolute Gasteiger partial charge is 0.422 e. The van der Waals surface area contributed by atoms with E-state index in [9.17, 15) is 9.59 Å². The molecule has 0 aliphatic rings. The molecule has 5 aromatic carbocycles. The van der Waals surface area contributed by atoms with Gasteiger partial charge in [0.1, 0.15) is 11.2 Å². The highest BCUT2D eigenvalue weighted by atomic mass is 16.4. The Hall–Kier alpha value is -6.27. The molecule has 0 atom stereocenters. The number of hydrogen-bond acceptors (Lipinski definition) is 6. The van der Waals surface area contributed by atoms with E-state index < -0.39 is 0 Å². The van der Waals surface area contributed by atoms with Gasteiger partial charge in [-0.15, -0.1) is 0 Å². The van der Waals surface area contributed by atoms with Gasteiger partial charge in [-0.1, -0.05) is 66.7 Å². The second kappa shape index (κ2) is 12.6. The van der Waals surface area contributed by atoms with Crippen LogP contribution in [-0.4, -0.2) is 18.1 Å². The molecule has 0 spiro atoms. The maximum absolute atomic E-state index is 13.4. The second-order valence-corrected chi connectivity index (χ2v) is 12.5. The maximum Gasteiger partial charge on any atom is 0.344 e. The molecule has 0 fully saturated rings. The molecule has 0 aliphatic carbocycles. The Bertz CT molecular complexity index is 2690. The fourth-order valence-electron chi connectivity index (χ4n) is 6.92. The van der Waals surface area contributed by atoms with E-state index in [-0.39, 0.29) is 11.3 Å². The zero-order valence-corrected chi connectivity index (χ0v) is 28.1. The van der Waals surface area contributed by atoms with Crippen LogP contribution in [0.2, 0.25) is 0 Å². The third-order valence-corrected chi connectivity index (χ3v) is 9.63. The van der Waals surface area contributed by atoms with E-state index in [0.29, 0.717) is 22.3 Å². The van der Waals surface area contributed by atoms with Crippen LogP contribution in [-0.2, 0) is 0 Å². The zero-order chi connectivity index (χ0) is 34.4. The number of anilines is 1. The minimum Gasteiger partial charge on any atom is -0.422 e. The molecular formula is C44H34N2O4. The molecule has 0 saturated carbocycles. The van der Waals surface area contributed by atoms with Crippen molar-refractivity contribution in [2.45, 2.75) is 20.8 Å². The lowest BCUT2D eigenvalue weighted by Gasteiger charge is -2.21. The Kier molecular flexibility index (Phi) is 7.84. The summed E-state index contributed by atoms with van der Waals surface area (Å²) < 4.78 is 11.6. The molecule has 8 aromatic rings. The molecule has 0 saturated heterocycles. The normalized spacial score (nSPS) is 11.4. The van der Waals surface area contributed by atoms with Crippen molar-refractivity contribution in [3.63, 3.8) is 0 Å². The third-order valence-electron chi connectivity index (χ3n) is 9.63. The lowest BCUT2D eigenvalue weighted by atomic mass is 9.95. The number of aryl methyl sites for hydroxylation is 1. The predicted molar refractivity (Wildman–Crippen MR) is 204 cm³/mol. The van der Waals surface area contributed by atoms with Gasteiger partial charge in [-0.2, -0.15) is 0 Å². The molecule has 0 radical (unpaired) electrons. The number of benzene rings is 5. The van der Waals surface area contributed by atoms with E-state index in [1.54, 1.807) is 0 Å². The van der Waals surface area contributed by atoms with Gasteiger partial charge >= 0.3 is 11.3 Å². The van der Waals surface area contributed by atoms with Crippen LogP contribution >= 0.6 is 0 Å². The lowest BCUT2D eigenvalue weighted by Crippen LogP contribution is -2.21. The molecular weight excluding hydrogens is 620 g/mol. The summed E-state index contributed by atoms with van der Waals surface area (Å²) in [6.07, 6.45) is 3.65. The van der Waals surface area contributed by atoms with Crippen molar-refractivity contribution in [1.82, 2.24) is 4.98 Å². The first-order valence-electron chi connectivity index (χ1n) is 16.9. The molecule has 50 heavy (non-hydrogen) atoms. The molecule has 244 valence electrons. The van der Waals surface area contributed by atoms with Crippen LogP contribution in [0.15, 0.2) is 146 Å². The first-order chi connectivity index (χ1) is 24.4. The number of hydrogen-bond donors (Lipinski definition) is 0. The average Bonchev–Trinajstić information content (AvgIpc) is 3.14. The van der Waals surface area contributed by atoms with E-state index in [1.807, 2.05) is 110 Å². The Morgan fingerprint density at radius 1 is 0.560 bits per heavy atom. The summed E-state index contributed by atoms with van der Waals surface area (Å²) in [4.78, 5) is 33.2.